The van der Waals surface area contributed by atoms with Crippen LogP contribution in [0.4, 0.5) is 5.69 Å². The summed E-state index contributed by atoms with van der Waals surface area (Å²) in [5.41, 5.74) is 6.41. The zero-order valence-electron chi connectivity index (χ0n) is 12.3. The second-order valence-corrected chi connectivity index (χ2v) is 5.62. The molecule has 0 saturated carbocycles. The zero-order chi connectivity index (χ0) is 14.1. The fraction of sp³-hybridized carbons (Fsp3) is 0.211. The Balaban J connectivity index is 0.00000144. The van der Waals surface area contributed by atoms with Gasteiger partial charge in [-0.1, -0.05) is 48.5 Å². The molecule has 0 spiro atoms. The van der Waals surface area contributed by atoms with Crippen molar-refractivity contribution in [2.24, 2.45) is 0 Å². The van der Waals surface area contributed by atoms with Gasteiger partial charge in [-0.2, -0.15) is 0 Å². The molecule has 0 atom stereocenters. The molecule has 4 rings (SSSR count). The maximum atomic E-state index is 4.83. The summed E-state index contributed by atoms with van der Waals surface area (Å²) < 4.78 is 0. The van der Waals surface area contributed by atoms with E-state index in [1.165, 1.54) is 34.3 Å². The van der Waals surface area contributed by atoms with Crippen LogP contribution in [0.25, 0.3) is 10.9 Å². The molecular formula is C19H18ClN2-. The smallest absolute Gasteiger partial charge is 0.0726 e. The lowest BCUT2D eigenvalue weighted by molar-refractivity contribution is -0.00000418. The summed E-state index contributed by atoms with van der Waals surface area (Å²) >= 11 is 0. The summed E-state index contributed by atoms with van der Waals surface area (Å²) in [6.07, 6.45) is 3.48. The van der Waals surface area contributed by atoms with E-state index in [9.17, 15) is 0 Å². The number of para-hydroxylation sites is 1. The van der Waals surface area contributed by atoms with E-state index in [0.717, 1.165) is 24.9 Å². The molecule has 1 N–H and O–H groups in total. The minimum absolute atomic E-state index is 0. The predicted molar refractivity (Wildman–Crippen MR) is 87.5 cm³/mol. The average molecular weight is 310 g/mol. The number of nitrogens with one attached hydrogen (secondary N) is 1. The molecule has 0 fully saturated rings. The van der Waals surface area contributed by atoms with Crippen molar-refractivity contribution < 1.29 is 12.4 Å². The van der Waals surface area contributed by atoms with Gasteiger partial charge in [-0.15, -0.1) is 0 Å². The van der Waals surface area contributed by atoms with Gasteiger partial charge in [0.25, 0.3) is 0 Å². The molecule has 0 aliphatic heterocycles. The van der Waals surface area contributed by atoms with Crippen molar-refractivity contribution in [2.45, 2.75) is 25.8 Å². The lowest BCUT2D eigenvalue weighted by atomic mass is 10.1. The van der Waals surface area contributed by atoms with E-state index in [-0.39, 0.29) is 12.4 Å². The summed E-state index contributed by atoms with van der Waals surface area (Å²) in [5.74, 6) is 0. The quantitative estimate of drug-likeness (QED) is 0.790. The molecule has 0 unspecified atom stereocenters. The molecule has 2 nitrogen and oxygen atoms in total. The van der Waals surface area contributed by atoms with Gasteiger partial charge >= 0.3 is 0 Å². The summed E-state index contributed by atoms with van der Waals surface area (Å²) in [6.45, 7) is 0.862. The standard InChI is InChI=1S/C19H18N2.ClH/c1-2-7-14(8-3-1)13-20-19-15-9-4-5-11-17(15)21-18-12-6-10-16(18)19;/h1-5,7-9,11H,6,10,12-13H2,(H,20,21);1H/p-1. The molecule has 22 heavy (non-hydrogen) atoms. The molecule has 0 bridgehead atoms. The molecule has 1 aliphatic carbocycles. The Morgan fingerprint density at radius 2 is 1.68 bits per heavy atom. The highest BCUT2D eigenvalue weighted by atomic mass is 35.5. The first kappa shape index (κ1) is 14.9. The van der Waals surface area contributed by atoms with E-state index in [0.29, 0.717) is 0 Å². The van der Waals surface area contributed by atoms with Gasteiger partial charge in [-0.25, -0.2) is 0 Å². The second kappa shape index (κ2) is 6.37. The van der Waals surface area contributed by atoms with E-state index in [1.807, 2.05) is 0 Å². The number of nitrogens with zero attached hydrogens (tertiary/aromatic N) is 1. The molecule has 2 aromatic carbocycles. The zero-order valence-corrected chi connectivity index (χ0v) is 13.1. The van der Waals surface area contributed by atoms with Crippen LogP contribution in [-0.2, 0) is 19.4 Å². The topological polar surface area (TPSA) is 24.9 Å². The van der Waals surface area contributed by atoms with Crippen molar-refractivity contribution in [1.29, 1.82) is 0 Å². The number of rotatable bonds is 3. The number of hydrogen-bond acceptors (Lipinski definition) is 2. The summed E-state index contributed by atoms with van der Waals surface area (Å²) in [7, 11) is 0. The van der Waals surface area contributed by atoms with Crippen molar-refractivity contribution >= 4 is 16.6 Å². The first-order chi connectivity index (χ1) is 10.4. The third-order valence-corrected chi connectivity index (χ3v) is 4.23. The van der Waals surface area contributed by atoms with Gasteiger partial charge in [0.2, 0.25) is 0 Å². The van der Waals surface area contributed by atoms with E-state index in [1.54, 1.807) is 0 Å². The molecule has 1 heterocycles. The van der Waals surface area contributed by atoms with Gasteiger partial charge < -0.3 is 17.7 Å². The third kappa shape index (κ3) is 2.67. The largest absolute Gasteiger partial charge is 1.00 e. The number of fused-ring (bicyclic) bond motifs is 2. The van der Waals surface area contributed by atoms with Crippen LogP contribution in [0.3, 0.4) is 0 Å². The van der Waals surface area contributed by atoms with Gasteiger partial charge in [-0.05, 0) is 36.5 Å². The Bertz CT molecular complexity index is 784. The maximum Gasteiger partial charge on any atom is 0.0726 e. The van der Waals surface area contributed by atoms with Gasteiger partial charge in [0.05, 0.1) is 5.52 Å². The van der Waals surface area contributed by atoms with Crippen LogP contribution < -0.4 is 17.7 Å². The highest BCUT2D eigenvalue weighted by Crippen LogP contribution is 2.34. The molecule has 3 heteroatoms. The highest BCUT2D eigenvalue weighted by molar-refractivity contribution is 5.93. The Morgan fingerprint density at radius 3 is 2.55 bits per heavy atom. The summed E-state index contributed by atoms with van der Waals surface area (Å²) in [5, 5.41) is 4.91. The number of benzene rings is 2. The number of aromatic nitrogens is 1. The van der Waals surface area contributed by atoms with Gasteiger partial charge in [0.1, 0.15) is 0 Å². The van der Waals surface area contributed by atoms with E-state index in [2.05, 4.69) is 59.9 Å². The van der Waals surface area contributed by atoms with Crippen molar-refractivity contribution in [1.82, 2.24) is 4.98 Å². The lowest BCUT2D eigenvalue weighted by Crippen LogP contribution is -3.00. The van der Waals surface area contributed by atoms with Crippen LogP contribution in [0.1, 0.15) is 23.2 Å². The Hall–Kier alpha value is -2.06. The maximum absolute atomic E-state index is 4.83. The molecule has 0 radical (unpaired) electrons. The minimum atomic E-state index is 0. The van der Waals surface area contributed by atoms with Crippen molar-refractivity contribution in [3.8, 4) is 0 Å². The lowest BCUT2D eigenvalue weighted by Gasteiger charge is -2.14. The number of pyridine rings is 1. The molecule has 3 aromatic rings. The SMILES string of the molecule is [Cl-].c1ccc(CNc2c3c(nc4ccccc24)CCC3)cc1. The van der Waals surface area contributed by atoms with E-state index >= 15 is 0 Å². The molecule has 1 aromatic heterocycles. The monoisotopic (exact) mass is 309 g/mol. The first-order valence-electron chi connectivity index (χ1n) is 7.60. The van der Waals surface area contributed by atoms with Crippen molar-refractivity contribution in [2.75, 3.05) is 5.32 Å². The van der Waals surface area contributed by atoms with Gasteiger partial charge in [-0.3, -0.25) is 4.98 Å². The van der Waals surface area contributed by atoms with Crippen molar-refractivity contribution in [3.63, 3.8) is 0 Å². The number of aryl methyl sites for hydroxylation is 1. The highest BCUT2D eigenvalue weighted by Gasteiger charge is 2.19. The van der Waals surface area contributed by atoms with Crippen LogP contribution >= 0.6 is 0 Å². The predicted octanol–water partition coefficient (Wildman–Crippen LogP) is 1.34. The second-order valence-electron chi connectivity index (χ2n) is 5.62. The van der Waals surface area contributed by atoms with Crippen LogP contribution in [0, 0.1) is 0 Å². The fourth-order valence-corrected chi connectivity index (χ4v) is 3.20. The van der Waals surface area contributed by atoms with Crippen LogP contribution in [0.5, 0.6) is 0 Å². The Morgan fingerprint density at radius 1 is 0.909 bits per heavy atom. The molecule has 0 saturated heterocycles. The van der Waals surface area contributed by atoms with Crippen LogP contribution in [-0.4, -0.2) is 4.98 Å². The van der Waals surface area contributed by atoms with Gasteiger partial charge in [0, 0.05) is 23.3 Å². The fourth-order valence-electron chi connectivity index (χ4n) is 3.20. The molecular weight excluding hydrogens is 292 g/mol. The minimum Gasteiger partial charge on any atom is -1.00 e. The average Bonchev–Trinajstić information content (AvgIpc) is 3.00. The summed E-state index contributed by atoms with van der Waals surface area (Å²) in [4.78, 5) is 4.83. The van der Waals surface area contributed by atoms with Gasteiger partial charge in [0.15, 0.2) is 0 Å². The number of anilines is 1. The Labute approximate surface area is 137 Å². The molecule has 1 aliphatic rings. The summed E-state index contributed by atoms with van der Waals surface area (Å²) in [6, 6.07) is 19.0. The Kier molecular flexibility index (Phi) is 4.30. The number of halogens is 1. The van der Waals surface area contributed by atoms with Crippen LogP contribution in [0.15, 0.2) is 54.6 Å². The molecule has 0 amide bonds. The third-order valence-electron chi connectivity index (χ3n) is 4.23. The van der Waals surface area contributed by atoms with E-state index in [4.69, 9.17) is 4.98 Å². The van der Waals surface area contributed by atoms with E-state index < -0.39 is 0 Å². The number of hydrogen-bond donors (Lipinski definition) is 1. The first-order valence-corrected chi connectivity index (χ1v) is 7.60. The molecule has 112 valence electrons. The normalized spacial score (nSPS) is 12.7. The van der Waals surface area contributed by atoms with Crippen LogP contribution in [0.2, 0.25) is 0 Å². The van der Waals surface area contributed by atoms with Crippen molar-refractivity contribution in [3.05, 3.63) is 71.4 Å².